The summed E-state index contributed by atoms with van der Waals surface area (Å²) in [7, 11) is -3.70. The molecule has 0 fully saturated rings. The summed E-state index contributed by atoms with van der Waals surface area (Å²) >= 11 is 3.28. The van der Waals surface area contributed by atoms with Gasteiger partial charge in [0.1, 0.15) is 5.25 Å². The minimum absolute atomic E-state index is 0.168. The lowest BCUT2D eigenvalue weighted by Gasteiger charge is -2.14. The molecule has 3 rings (SSSR count). The maximum Gasteiger partial charge on any atom is 0.243 e. The molecule has 1 heterocycles. The number of benzene rings is 2. The number of para-hydroxylation sites is 1. The third-order valence-electron chi connectivity index (χ3n) is 3.76. The van der Waals surface area contributed by atoms with Crippen molar-refractivity contribution in [3.8, 4) is 0 Å². The van der Waals surface area contributed by atoms with Gasteiger partial charge in [-0.15, -0.1) is 0 Å². The van der Waals surface area contributed by atoms with E-state index >= 15 is 0 Å². The Labute approximate surface area is 137 Å². The quantitative estimate of drug-likeness (QED) is 0.871. The molecule has 2 aromatic carbocycles. The molecule has 4 nitrogen and oxygen atoms in total. The molecule has 0 unspecified atom stereocenters. The summed E-state index contributed by atoms with van der Waals surface area (Å²) in [6.07, 6.45) is 0.830. The van der Waals surface area contributed by atoms with Gasteiger partial charge in [0, 0.05) is 10.2 Å². The van der Waals surface area contributed by atoms with Crippen molar-refractivity contribution in [3.05, 3.63) is 58.6 Å². The topological polar surface area (TPSA) is 63.2 Å². The molecule has 1 amide bonds. The number of amides is 1. The van der Waals surface area contributed by atoms with Gasteiger partial charge < -0.3 is 5.32 Å². The van der Waals surface area contributed by atoms with E-state index in [4.69, 9.17) is 0 Å². The molecule has 1 N–H and O–H groups in total. The molecule has 22 heavy (non-hydrogen) atoms. The average Bonchev–Trinajstić information content (AvgIpc) is 2.66. The predicted molar refractivity (Wildman–Crippen MR) is 88.5 cm³/mol. The van der Waals surface area contributed by atoms with Crippen LogP contribution in [0.15, 0.2) is 57.9 Å². The van der Waals surface area contributed by atoms with Crippen LogP contribution in [-0.2, 0) is 21.1 Å². The van der Waals surface area contributed by atoms with Gasteiger partial charge in [-0.05, 0) is 48.7 Å². The lowest BCUT2D eigenvalue weighted by atomic mass is 10.1. The SMILES string of the molecule is O=C1Nc2ccccc2CC[C@H]1S(=O)(=O)c1ccc(Br)cc1. The van der Waals surface area contributed by atoms with Gasteiger partial charge in [-0.1, -0.05) is 34.1 Å². The average molecular weight is 380 g/mol. The van der Waals surface area contributed by atoms with Crippen LogP contribution in [0.4, 0.5) is 5.69 Å². The Balaban J connectivity index is 1.95. The second kappa shape index (κ2) is 5.85. The Morgan fingerprint density at radius 3 is 2.45 bits per heavy atom. The van der Waals surface area contributed by atoms with Gasteiger partial charge in [0.15, 0.2) is 9.84 Å². The van der Waals surface area contributed by atoms with Crippen LogP contribution in [0.1, 0.15) is 12.0 Å². The van der Waals surface area contributed by atoms with E-state index in [0.29, 0.717) is 12.1 Å². The number of carbonyl (C=O) groups excluding carboxylic acids is 1. The highest BCUT2D eigenvalue weighted by atomic mass is 79.9. The fourth-order valence-corrected chi connectivity index (χ4v) is 4.45. The minimum atomic E-state index is -3.70. The van der Waals surface area contributed by atoms with Gasteiger partial charge in [-0.3, -0.25) is 4.79 Å². The van der Waals surface area contributed by atoms with Gasteiger partial charge in [-0.2, -0.15) is 0 Å². The molecule has 0 saturated carbocycles. The number of sulfone groups is 1. The molecule has 1 aliphatic rings. The van der Waals surface area contributed by atoms with E-state index in [1.54, 1.807) is 18.2 Å². The number of halogens is 1. The zero-order chi connectivity index (χ0) is 15.7. The van der Waals surface area contributed by atoms with Crippen molar-refractivity contribution in [1.82, 2.24) is 0 Å². The number of hydrogen-bond donors (Lipinski definition) is 1. The molecule has 0 aromatic heterocycles. The summed E-state index contributed by atoms with van der Waals surface area (Å²) in [4.78, 5) is 12.5. The van der Waals surface area contributed by atoms with Crippen LogP contribution in [0, 0.1) is 0 Å². The third kappa shape index (κ3) is 2.80. The highest BCUT2D eigenvalue weighted by molar-refractivity contribution is 9.10. The van der Waals surface area contributed by atoms with E-state index in [1.165, 1.54) is 12.1 Å². The van der Waals surface area contributed by atoms with E-state index in [1.807, 2.05) is 18.2 Å². The van der Waals surface area contributed by atoms with Crippen molar-refractivity contribution < 1.29 is 13.2 Å². The number of anilines is 1. The second-order valence-corrected chi connectivity index (χ2v) is 8.22. The van der Waals surface area contributed by atoms with E-state index < -0.39 is 21.0 Å². The number of fused-ring (bicyclic) bond motifs is 1. The maximum absolute atomic E-state index is 12.7. The van der Waals surface area contributed by atoms with E-state index in [-0.39, 0.29) is 11.3 Å². The van der Waals surface area contributed by atoms with Crippen LogP contribution in [-0.4, -0.2) is 19.6 Å². The van der Waals surface area contributed by atoms with Crippen LogP contribution in [0.5, 0.6) is 0 Å². The van der Waals surface area contributed by atoms with Gasteiger partial charge in [0.2, 0.25) is 5.91 Å². The van der Waals surface area contributed by atoms with E-state index in [0.717, 1.165) is 10.0 Å². The fourth-order valence-electron chi connectivity index (χ4n) is 2.58. The zero-order valence-electron chi connectivity index (χ0n) is 11.6. The van der Waals surface area contributed by atoms with Crippen molar-refractivity contribution in [2.24, 2.45) is 0 Å². The molecular formula is C16H14BrNO3S. The van der Waals surface area contributed by atoms with Crippen molar-refractivity contribution >= 4 is 37.4 Å². The molecule has 1 atom stereocenters. The molecule has 1 aliphatic heterocycles. The van der Waals surface area contributed by atoms with Crippen LogP contribution in [0.3, 0.4) is 0 Å². The molecule has 0 spiro atoms. The van der Waals surface area contributed by atoms with Gasteiger partial charge in [-0.25, -0.2) is 8.42 Å². The smallest absolute Gasteiger partial charge is 0.243 e. The van der Waals surface area contributed by atoms with Gasteiger partial charge in [0.25, 0.3) is 0 Å². The summed E-state index contributed by atoms with van der Waals surface area (Å²) in [5.74, 6) is -0.465. The van der Waals surface area contributed by atoms with Crippen LogP contribution < -0.4 is 5.32 Å². The number of hydrogen-bond acceptors (Lipinski definition) is 3. The van der Waals surface area contributed by atoms with Crippen LogP contribution in [0.25, 0.3) is 0 Å². The molecule has 6 heteroatoms. The molecule has 0 saturated heterocycles. The number of aryl methyl sites for hydroxylation is 1. The standard InChI is InChI=1S/C16H14BrNO3S/c17-12-6-8-13(9-7-12)22(20,21)15-10-5-11-3-1-2-4-14(11)18-16(15)19/h1-4,6-9,15H,5,10H2,(H,18,19)/t15-/m1/s1. The van der Waals surface area contributed by atoms with Crippen molar-refractivity contribution in [3.63, 3.8) is 0 Å². The third-order valence-corrected chi connectivity index (χ3v) is 6.42. The molecular weight excluding hydrogens is 366 g/mol. The van der Waals surface area contributed by atoms with E-state index in [9.17, 15) is 13.2 Å². The number of rotatable bonds is 2. The number of nitrogens with one attached hydrogen (secondary N) is 1. The summed E-state index contributed by atoms with van der Waals surface area (Å²) < 4.78 is 26.3. The van der Waals surface area contributed by atoms with Crippen molar-refractivity contribution in [2.45, 2.75) is 23.0 Å². The van der Waals surface area contributed by atoms with Crippen LogP contribution in [0.2, 0.25) is 0 Å². The fraction of sp³-hybridized carbons (Fsp3) is 0.188. The van der Waals surface area contributed by atoms with Crippen LogP contribution >= 0.6 is 15.9 Å². The lowest BCUT2D eigenvalue weighted by Crippen LogP contribution is -2.34. The first-order chi connectivity index (χ1) is 10.5. The summed E-state index contributed by atoms with van der Waals surface area (Å²) in [6.45, 7) is 0. The summed E-state index contributed by atoms with van der Waals surface area (Å²) in [6, 6.07) is 13.8. The van der Waals surface area contributed by atoms with Gasteiger partial charge in [0.05, 0.1) is 4.90 Å². The monoisotopic (exact) mass is 379 g/mol. The first kappa shape index (κ1) is 15.2. The Morgan fingerprint density at radius 2 is 1.73 bits per heavy atom. The Bertz CT molecular complexity index is 816. The summed E-state index contributed by atoms with van der Waals surface area (Å²) in [5, 5.41) is 1.66. The molecule has 114 valence electrons. The highest BCUT2D eigenvalue weighted by Gasteiger charge is 2.35. The molecule has 0 bridgehead atoms. The van der Waals surface area contributed by atoms with Crippen molar-refractivity contribution in [2.75, 3.05) is 5.32 Å². The molecule has 0 aliphatic carbocycles. The number of carbonyl (C=O) groups is 1. The Hall–Kier alpha value is -1.66. The first-order valence-corrected chi connectivity index (χ1v) is 9.20. The Kier molecular flexibility index (Phi) is 4.06. The molecule has 0 radical (unpaired) electrons. The largest absolute Gasteiger partial charge is 0.325 e. The first-order valence-electron chi connectivity index (χ1n) is 6.87. The maximum atomic E-state index is 12.7. The van der Waals surface area contributed by atoms with Gasteiger partial charge >= 0.3 is 0 Å². The lowest BCUT2D eigenvalue weighted by molar-refractivity contribution is -0.115. The minimum Gasteiger partial charge on any atom is -0.325 e. The summed E-state index contributed by atoms with van der Waals surface area (Å²) in [5.41, 5.74) is 1.66. The van der Waals surface area contributed by atoms with E-state index in [2.05, 4.69) is 21.2 Å². The Morgan fingerprint density at radius 1 is 1.05 bits per heavy atom. The zero-order valence-corrected chi connectivity index (χ0v) is 14.0. The predicted octanol–water partition coefficient (Wildman–Crippen LogP) is 3.18. The highest BCUT2D eigenvalue weighted by Crippen LogP contribution is 2.28. The normalized spacial score (nSPS) is 18.2. The second-order valence-electron chi connectivity index (χ2n) is 5.17. The molecule has 2 aromatic rings. The van der Waals surface area contributed by atoms with Crippen molar-refractivity contribution in [1.29, 1.82) is 0 Å².